The zero-order valence-corrected chi connectivity index (χ0v) is 23.5. The minimum atomic E-state index is -1.51. The molecule has 0 bridgehead atoms. The van der Waals surface area contributed by atoms with Crippen molar-refractivity contribution >= 4 is 23.5 Å². The number of aliphatic hydroxyl groups is 1. The minimum absolute atomic E-state index is 0.0950. The zero-order chi connectivity index (χ0) is 29.1. The largest absolute Gasteiger partial charge is 0.384 e. The van der Waals surface area contributed by atoms with Crippen LogP contribution in [0.4, 0.5) is 0 Å². The number of ether oxygens (including phenoxy) is 1. The van der Waals surface area contributed by atoms with E-state index >= 15 is 0 Å². The van der Waals surface area contributed by atoms with Crippen molar-refractivity contribution in [3.8, 4) is 0 Å². The molecule has 0 radical (unpaired) electrons. The first-order valence-electron chi connectivity index (χ1n) is 14.4. The Morgan fingerprint density at radius 3 is 2.58 bits per heavy atom. The predicted molar refractivity (Wildman–Crippen MR) is 143 cm³/mol. The molecule has 13 nitrogen and oxygen atoms in total. The number of likely N-dealkylation sites (tertiary alicyclic amines) is 1. The van der Waals surface area contributed by atoms with Crippen LogP contribution in [-0.4, -0.2) is 85.9 Å². The molecule has 40 heavy (non-hydrogen) atoms. The number of primary amides is 1. The van der Waals surface area contributed by atoms with Crippen molar-refractivity contribution in [2.45, 2.75) is 107 Å². The number of amides is 3. The third-order valence-corrected chi connectivity index (χ3v) is 8.63. The topological polar surface area (TPSA) is 196 Å². The molecule has 13 heteroatoms. The first-order valence-corrected chi connectivity index (χ1v) is 14.4. The summed E-state index contributed by atoms with van der Waals surface area (Å²) in [6.45, 7) is 3.91. The zero-order valence-electron chi connectivity index (χ0n) is 23.5. The van der Waals surface area contributed by atoms with Crippen LogP contribution in [0, 0.1) is 5.92 Å². The highest BCUT2D eigenvalue weighted by atomic mass is 16.5. The third-order valence-electron chi connectivity index (χ3n) is 8.63. The molecule has 222 valence electrons. The highest BCUT2D eigenvalue weighted by Gasteiger charge is 2.48. The summed E-state index contributed by atoms with van der Waals surface area (Å²) in [5.74, 6) is -2.57. The van der Waals surface area contributed by atoms with Gasteiger partial charge in [-0.1, -0.05) is 37.3 Å². The van der Waals surface area contributed by atoms with Gasteiger partial charge in [-0.25, -0.2) is 4.68 Å². The molecule has 4 rings (SSSR count). The highest BCUT2D eigenvalue weighted by Crippen LogP contribution is 2.34. The Morgan fingerprint density at radius 2 is 1.90 bits per heavy atom. The molecule has 3 aliphatic rings. The second-order valence-electron chi connectivity index (χ2n) is 12.1. The van der Waals surface area contributed by atoms with Crippen molar-refractivity contribution in [3.63, 3.8) is 0 Å². The van der Waals surface area contributed by atoms with E-state index in [1.165, 1.54) is 17.5 Å². The summed E-state index contributed by atoms with van der Waals surface area (Å²) in [7, 11) is 0. The van der Waals surface area contributed by atoms with E-state index in [4.69, 9.17) is 16.2 Å². The van der Waals surface area contributed by atoms with Crippen LogP contribution in [0.15, 0.2) is 6.20 Å². The Labute approximate surface area is 234 Å². The van der Waals surface area contributed by atoms with Crippen LogP contribution in [0.1, 0.15) is 89.8 Å². The molecule has 0 spiro atoms. The summed E-state index contributed by atoms with van der Waals surface area (Å²) < 4.78 is 7.03. The van der Waals surface area contributed by atoms with E-state index in [0.717, 1.165) is 25.7 Å². The van der Waals surface area contributed by atoms with Gasteiger partial charge in [-0.05, 0) is 39.0 Å². The number of nitrogens with two attached hydrogens (primary N) is 2. The summed E-state index contributed by atoms with van der Waals surface area (Å²) in [6.07, 6.45) is 8.38. The Kier molecular flexibility index (Phi) is 9.26. The van der Waals surface area contributed by atoms with Gasteiger partial charge < -0.3 is 31.5 Å². The number of aromatic nitrogens is 3. The minimum Gasteiger partial charge on any atom is -0.384 e. The molecule has 3 heterocycles. The van der Waals surface area contributed by atoms with Crippen molar-refractivity contribution in [2.24, 2.45) is 17.4 Å². The first kappa shape index (κ1) is 30.1. The number of carbonyl (C=O) groups excluding carboxylic acids is 4. The highest BCUT2D eigenvalue weighted by molar-refractivity contribution is 6.39. The van der Waals surface area contributed by atoms with Gasteiger partial charge in [0.15, 0.2) is 0 Å². The van der Waals surface area contributed by atoms with Crippen molar-refractivity contribution in [1.82, 2.24) is 25.2 Å². The van der Waals surface area contributed by atoms with Crippen LogP contribution in [0.25, 0.3) is 0 Å². The van der Waals surface area contributed by atoms with Gasteiger partial charge >= 0.3 is 0 Å². The first-order chi connectivity index (χ1) is 18.9. The molecule has 1 aromatic heterocycles. The molecule has 3 fully saturated rings. The normalized spacial score (nSPS) is 27.1. The number of nitrogens with one attached hydrogen (secondary N) is 1. The second-order valence-corrected chi connectivity index (χ2v) is 12.1. The summed E-state index contributed by atoms with van der Waals surface area (Å²) in [5, 5.41) is 21.6. The molecule has 2 aliphatic heterocycles. The quantitative estimate of drug-likeness (QED) is 0.301. The molecule has 1 saturated carbocycles. The lowest BCUT2D eigenvalue weighted by Crippen LogP contribution is -2.62. The monoisotopic (exact) mass is 561 g/mol. The standard InChI is InChI=1S/C27H43N7O6/c1-26(2,39)21-15-30-32-34(21)18-14-20(33(16-18)25(38)19(28)13-17-7-4-3-5-8-17)24(37)31-27(22(35)23(29)36)9-6-11-40-12-10-27/h15,17-20,39H,3-14,16,28H2,1-2H3,(H2,29,36)(H,31,37)/t18?,19-,20+,27?/m1/s1. The molecular weight excluding hydrogens is 518 g/mol. The van der Waals surface area contributed by atoms with Gasteiger partial charge in [-0.3, -0.25) is 19.2 Å². The number of ketones is 1. The van der Waals surface area contributed by atoms with Gasteiger partial charge in [0, 0.05) is 32.6 Å². The van der Waals surface area contributed by atoms with Crippen molar-refractivity contribution in [2.75, 3.05) is 19.8 Å². The van der Waals surface area contributed by atoms with Crippen molar-refractivity contribution in [3.05, 3.63) is 11.9 Å². The molecule has 1 aromatic rings. The van der Waals surface area contributed by atoms with Gasteiger partial charge in [-0.15, -0.1) is 5.10 Å². The lowest BCUT2D eigenvalue weighted by atomic mass is 9.84. The van der Waals surface area contributed by atoms with E-state index in [1.807, 2.05) is 0 Å². The maximum atomic E-state index is 13.9. The maximum Gasteiger partial charge on any atom is 0.287 e. The predicted octanol–water partition coefficient (Wildman–Crippen LogP) is 0.0551. The lowest BCUT2D eigenvalue weighted by molar-refractivity contribution is -0.145. The van der Waals surface area contributed by atoms with Gasteiger partial charge in [0.05, 0.1) is 24.0 Å². The molecular formula is C27H43N7O6. The van der Waals surface area contributed by atoms with Crippen LogP contribution in [0.2, 0.25) is 0 Å². The third kappa shape index (κ3) is 6.52. The molecule has 2 saturated heterocycles. The summed E-state index contributed by atoms with van der Waals surface area (Å²) in [5.41, 5.74) is 9.49. The van der Waals surface area contributed by atoms with E-state index in [0.29, 0.717) is 31.1 Å². The van der Waals surface area contributed by atoms with Crippen LogP contribution in [0.5, 0.6) is 0 Å². The Balaban J connectivity index is 1.61. The van der Waals surface area contributed by atoms with E-state index in [1.54, 1.807) is 18.5 Å². The number of hydrogen-bond donors (Lipinski definition) is 4. The number of Topliss-reactive ketones (excluding diaryl/α,β-unsaturated/α-hetero) is 1. The molecule has 2 unspecified atom stereocenters. The second kappa shape index (κ2) is 12.3. The van der Waals surface area contributed by atoms with Crippen LogP contribution < -0.4 is 16.8 Å². The summed E-state index contributed by atoms with van der Waals surface area (Å²) >= 11 is 0. The van der Waals surface area contributed by atoms with Crippen LogP contribution in [-0.2, 0) is 29.5 Å². The summed E-state index contributed by atoms with van der Waals surface area (Å²) in [4.78, 5) is 54.1. The van der Waals surface area contributed by atoms with E-state index in [9.17, 15) is 24.3 Å². The van der Waals surface area contributed by atoms with Gasteiger partial charge in [0.2, 0.25) is 17.6 Å². The molecule has 1 aliphatic carbocycles. The van der Waals surface area contributed by atoms with Crippen LogP contribution >= 0.6 is 0 Å². The fraction of sp³-hybridized carbons (Fsp3) is 0.778. The fourth-order valence-corrected chi connectivity index (χ4v) is 6.44. The molecule has 0 aromatic carbocycles. The summed E-state index contributed by atoms with van der Waals surface area (Å²) in [6, 6.07) is -2.23. The SMILES string of the molecule is CC(C)(O)c1cnnn1C1C[C@@H](C(=O)NC2(C(=O)C(N)=O)CCCOCC2)N(C(=O)[C@H](N)CC2CCCCC2)C1. The molecule has 6 N–H and O–H groups in total. The van der Waals surface area contributed by atoms with E-state index in [-0.39, 0.29) is 38.3 Å². The molecule has 4 atom stereocenters. The average Bonchev–Trinajstić information content (AvgIpc) is 3.52. The lowest BCUT2D eigenvalue weighted by Gasteiger charge is -2.34. The van der Waals surface area contributed by atoms with Gasteiger partial charge in [-0.2, -0.15) is 0 Å². The number of hydrogen-bond acceptors (Lipinski definition) is 9. The van der Waals surface area contributed by atoms with Crippen LogP contribution in [0.3, 0.4) is 0 Å². The van der Waals surface area contributed by atoms with Gasteiger partial charge in [0.25, 0.3) is 5.91 Å². The van der Waals surface area contributed by atoms with E-state index < -0.39 is 46.9 Å². The number of carbonyl (C=O) groups is 4. The van der Waals surface area contributed by atoms with E-state index in [2.05, 4.69) is 15.6 Å². The Hall–Kier alpha value is -2.90. The maximum absolute atomic E-state index is 13.9. The number of rotatable bonds is 9. The van der Waals surface area contributed by atoms with Crippen molar-refractivity contribution in [1.29, 1.82) is 0 Å². The fourth-order valence-electron chi connectivity index (χ4n) is 6.44. The Morgan fingerprint density at radius 1 is 1.18 bits per heavy atom. The average molecular weight is 562 g/mol. The van der Waals surface area contributed by atoms with Gasteiger partial charge in [0.1, 0.15) is 17.2 Å². The number of nitrogens with zero attached hydrogens (tertiary/aromatic N) is 4. The van der Waals surface area contributed by atoms with Crippen molar-refractivity contribution < 1.29 is 29.0 Å². The Bertz CT molecular complexity index is 1090. The smallest absolute Gasteiger partial charge is 0.287 e. The molecule has 3 amide bonds.